The van der Waals surface area contributed by atoms with Gasteiger partial charge in [0.2, 0.25) is 0 Å². The maximum Gasteiger partial charge on any atom is 0.0270 e. The zero-order valence-corrected chi connectivity index (χ0v) is 10.2. The van der Waals surface area contributed by atoms with Gasteiger partial charge in [-0.3, -0.25) is 4.98 Å². The van der Waals surface area contributed by atoms with Crippen LogP contribution in [0.1, 0.15) is 38.2 Å². The molecule has 16 heavy (non-hydrogen) atoms. The number of hydrogen-bond acceptors (Lipinski definition) is 2. The molecule has 0 spiro atoms. The van der Waals surface area contributed by atoms with E-state index in [1.807, 2.05) is 12.4 Å². The number of nitrogens with one attached hydrogen (secondary N) is 1. The van der Waals surface area contributed by atoms with Gasteiger partial charge in [0.25, 0.3) is 0 Å². The van der Waals surface area contributed by atoms with E-state index in [-0.39, 0.29) is 0 Å². The first-order valence-corrected chi connectivity index (χ1v) is 6.47. The second-order valence-corrected chi connectivity index (χ2v) is 5.02. The molecule has 0 atom stereocenters. The highest BCUT2D eigenvalue weighted by atomic mass is 14.9. The molecule has 1 N–H and O–H groups in total. The van der Waals surface area contributed by atoms with Crippen molar-refractivity contribution >= 4 is 0 Å². The van der Waals surface area contributed by atoms with Gasteiger partial charge in [-0.1, -0.05) is 6.92 Å². The molecule has 0 radical (unpaired) electrons. The van der Waals surface area contributed by atoms with Crippen LogP contribution in [0, 0.1) is 5.92 Å². The highest BCUT2D eigenvalue weighted by Gasteiger charge is 2.16. The highest BCUT2D eigenvalue weighted by molar-refractivity contribution is 5.09. The van der Waals surface area contributed by atoms with Crippen LogP contribution in [0.15, 0.2) is 24.5 Å². The average Bonchev–Trinajstić information content (AvgIpc) is 2.33. The molecule has 0 saturated heterocycles. The van der Waals surface area contributed by atoms with Crippen LogP contribution < -0.4 is 5.32 Å². The third-order valence-electron chi connectivity index (χ3n) is 3.61. The Bertz CT molecular complexity index is 289. The number of aromatic nitrogens is 1. The summed E-state index contributed by atoms with van der Waals surface area (Å²) >= 11 is 0. The van der Waals surface area contributed by atoms with Gasteiger partial charge in [0, 0.05) is 18.4 Å². The quantitative estimate of drug-likeness (QED) is 0.840. The zero-order chi connectivity index (χ0) is 11.2. The third-order valence-corrected chi connectivity index (χ3v) is 3.61. The van der Waals surface area contributed by atoms with E-state index in [0.717, 1.165) is 24.9 Å². The van der Waals surface area contributed by atoms with E-state index >= 15 is 0 Å². The van der Waals surface area contributed by atoms with Crippen molar-refractivity contribution in [3.63, 3.8) is 0 Å². The van der Waals surface area contributed by atoms with Gasteiger partial charge in [0.1, 0.15) is 0 Å². The van der Waals surface area contributed by atoms with Crippen LogP contribution in [-0.2, 0) is 6.42 Å². The van der Waals surface area contributed by atoms with Crippen molar-refractivity contribution in [2.45, 2.75) is 45.1 Å². The highest BCUT2D eigenvalue weighted by Crippen LogP contribution is 2.23. The number of nitrogens with zero attached hydrogens (tertiary/aromatic N) is 1. The summed E-state index contributed by atoms with van der Waals surface area (Å²) < 4.78 is 0. The lowest BCUT2D eigenvalue weighted by Crippen LogP contribution is -2.34. The molecule has 0 amide bonds. The molecule has 1 fully saturated rings. The second-order valence-electron chi connectivity index (χ2n) is 5.02. The fraction of sp³-hybridized carbons (Fsp3) is 0.643. The molecule has 0 aromatic carbocycles. The Morgan fingerprint density at radius 1 is 1.19 bits per heavy atom. The van der Waals surface area contributed by atoms with Gasteiger partial charge in [-0.25, -0.2) is 0 Å². The van der Waals surface area contributed by atoms with Crippen LogP contribution in [0.5, 0.6) is 0 Å². The molecule has 2 heteroatoms. The topological polar surface area (TPSA) is 24.9 Å². The molecule has 1 aliphatic rings. The van der Waals surface area contributed by atoms with Crippen molar-refractivity contribution in [3.8, 4) is 0 Å². The van der Waals surface area contributed by atoms with Crippen molar-refractivity contribution in [1.82, 2.24) is 10.3 Å². The number of hydrogen-bond donors (Lipinski definition) is 1. The summed E-state index contributed by atoms with van der Waals surface area (Å²) in [5.41, 5.74) is 1.38. The summed E-state index contributed by atoms with van der Waals surface area (Å²) in [6.45, 7) is 3.47. The zero-order valence-electron chi connectivity index (χ0n) is 10.2. The van der Waals surface area contributed by atoms with E-state index < -0.39 is 0 Å². The molecule has 1 aromatic heterocycles. The Kier molecular flexibility index (Phi) is 4.34. The Hall–Kier alpha value is -0.890. The standard InChI is InChI=1S/C14H22N2/c1-12-2-4-14(5-3-12)16-11-8-13-6-9-15-10-7-13/h6-7,9-10,12,14,16H,2-5,8,11H2,1H3. The van der Waals surface area contributed by atoms with E-state index in [1.54, 1.807) is 0 Å². The SMILES string of the molecule is CC1CCC(NCCc2ccncc2)CC1. The van der Waals surface area contributed by atoms with Crippen molar-refractivity contribution in [1.29, 1.82) is 0 Å². The molecule has 2 rings (SSSR count). The monoisotopic (exact) mass is 218 g/mol. The molecule has 1 saturated carbocycles. The van der Waals surface area contributed by atoms with Crippen LogP contribution in [0.25, 0.3) is 0 Å². The van der Waals surface area contributed by atoms with E-state index in [4.69, 9.17) is 0 Å². The van der Waals surface area contributed by atoms with E-state index in [9.17, 15) is 0 Å². The normalized spacial score (nSPS) is 25.6. The smallest absolute Gasteiger partial charge is 0.0270 e. The first-order valence-electron chi connectivity index (χ1n) is 6.47. The van der Waals surface area contributed by atoms with Gasteiger partial charge >= 0.3 is 0 Å². The predicted octanol–water partition coefficient (Wildman–Crippen LogP) is 2.79. The Balaban J connectivity index is 1.65. The van der Waals surface area contributed by atoms with E-state index in [1.165, 1.54) is 31.2 Å². The molecule has 1 aliphatic carbocycles. The minimum atomic E-state index is 0.762. The summed E-state index contributed by atoms with van der Waals surface area (Å²) in [6.07, 6.45) is 10.4. The van der Waals surface area contributed by atoms with Crippen LogP contribution in [0.3, 0.4) is 0 Å². The summed E-state index contributed by atoms with van der Waals surface area (Å²) in [7, 11) is 0. The minimum Gasteiger partial charge on any atom is -0.314 e. The van der Waals surface area contributed by atoms with Gasteiger partial charge < -0.3 is 5.32 Å². The van der Waals surface area contributed by atoms with Gasteiger partial charge in [0.15, 0.2) is 0 Å². The molecule has 0 bridgehead atoms. The molecular formula is C14H22N2. The summed E-state index contributed by atoms with van der Waals surface area (Å²) in [4.78, 5) is 4.03. The van der Waals surface area contributed by atoms with Crippen molar-refractivity contribution < 1.29 is 0 Å². The van der Waals surface area contributed by atoms with E-state index in [0.29, 0.717) is 0 Å². The van der Waals surface area contributed by atoms with Crippen LogP contribution in [-0.4, -0.2) is 17.6 Å². The lowest BCUT2D eigenvalue weighted by Gasteiger charge is -2.27. The average molecular weight is 218 g/mol. The Morgan fingerprint density at radius 2 is 1.88 bits per heavy atom. The molecule has 0 unspecified atom stereocenters. The minimum absolute atomic E-state index is 0.762. The summed E-state index contributed by atoms with van der Waals surface area (Å²) in [5.74, 6) is 0.943. The lowest BCUT2D eigenvalue weighted by atomic mass is 9.87. The third kappa shape index (κ3) is 3.60. The van der Waals surface area contributed by atoms with Gasteiger partial charge in [0.05, 0.1) is 0 Å². The van der Waals surface area contributed by atoms with Crippen molar-refractivity contribution in [2.75, 3.05) is 6.54 Å². The molecular weight excluding hydrogens is 196 g/mol. The van der Waals surface area contributed by atoms with Crippen molar-refractivity contribution in [2.24, 2.45) is 5.92 Å². The molecule has 1 aromatic rings. The van der Waals surface area contributed by atoms with Gasteiger partial charge in [-0.15, -0.1) is 0 Å². The maximum atomic E-state index is 4.03. The first kappa shape index (κ1) is 11.6. The fourth-order valence-corrected chi connectivity index (χ4v) is 2.43. The van der Waals surface area contributed by atoms with Gasteiger partial charge in [-0.2, -0.15) is 0 Å². The van der Waals surface area contributed by atoms with Crippen LogP contribution in [0.4, 0.5) is 0 Å². The molecule has 0 aliphatic heterocycles. The van der Waals surface area contributed by atoms with E-state index in [2.05, 4.69) is 29.4 Å². The second kappa shape index (κ2) is 6.00. The first-order chi connectivity index (χ1) is 7.84. The van der Waals surface area contributed by atoms with Crippen molar-refractivity contribution in [3.05, 3.63) is 30.1 Å². The number of pyridine rings is 1. The Labute approximate surface area is 98.5 Å². The maximum absolute atomic E-state index is 4.03. The largest absolute Gasteiger partial charge is 0.314 e. The van der Waals surface area contributed by atoms with Crippen LogP contribution in [0.2, 0.25) is 0 Å². The molecule has 88 valence electrons. The van der Waals surface area contributed by atoms with Gasteiger partial charge in [-0.05, 0) is 62.3 Å². The predicted molar refractivity (Wildman–Crippen MR) is 67.4 cm³/mol. The summed E-state index contributed by atoms with van der Waals surface area (Å²) in [5, 5.41) is 3.67. The molecule has 1 heterocycles. The number of rotatable bonds is 4. The fourth-order valence-electron chi connectivity index (χ4n) is 2.43. The molecule has 2 nitrogen and oxygen atoms in total. The Morgan fingerprint density at radius 3 is 2.56 bits per heavy atom. The summed E-state index contributed by atoms with van der Waals surface area (Å²) in [6, 6.07) is 4.97. The van der Waals surface area contributed by atoms with Crippen LogP contribution >= 0.6 is 0 Å². The lowest BCUT2D eigenvalue weighted by molar-refractivity contribution is 0.309.